The second kappa shape index (κ2) is 6.42. The lowest BCUT2D eigenvalue weighted by Crippen LogP contribution is -2.10. The van der Waals surface area contributed by atoms with E-state index in [1.54, 1.807) is 31.4 Å². The summed E-state index contributed by atoms with van der Waals surface area (Å²) in [5.74, 6) is -0.634. The first kappa shape index (κ1) is 13.0. The van der Waals surface area contributed by atoms with Crippen LogP contribution < -0.4 is 10.5 Å². The van der Waals surface area contributed by atoms with Crippen molar-refractivity contribution in [2.75, 3.05) is 7.11 Å². The fourth-order valence-corrected chi connectivity index (χ4v) is 0.776. The van der Waals surface area contributed by atoms with Gasteiger partial charge >= 0.3 is 0 Å². The number of carbonyl (C=O) groups excluding carboxylic acids is 1. The number of amides is 1. The number of hydrogen-bond acceptors (Lipinski definition) is 3. The Kier molecular flexibility index (Phi) is 5.55. The fraction of sp³-hybridized carbons (Fsp3) is 0.200. The molecule has 0 aliphatic carbocycles. The number of hydrogen-bond donors (Lipinski definition) is 2. The van der Waals surface area contributed by atoms with Crippen LogP contribution in [0.2, 0.25) is 0 Å². The molecule has 0 atom stereocenters. The second-order valence-electron chi connectivity index (χ2n) is 2.62. The van der Waals surface area contributed by atoms with Crippen molar-refractivity contribution in [1.82, 2.24) is 0 Å². The molecule has 0 aliphatic heterocycles. The Labute approximate surface area is 87.5 Å². The summed E-state index contributed by atoms with van der Waals surface area (Å²) in [6.07, 6.45) is 0. The third-order valence-electron chi connectivity index (χ3n) is 1.35. The fourth-order valence-electron chi connectivity index (χ4n) is 0.776. The third kappa shape index (κ3) is 6.09. The van der Waals surface area contributed by atoms with E-state index in [2.05, 4.69) is 0 Å². The number of methoxy groups -OCH3 is 1. The molecule has 0 fully saturated rings. The maximum Gasteiger partial charge on any atom is 0.300 e. The molecule has 3 N–H and O–H groups in total. The quantitative estimate of drug-likeness (QED) is 0.760. The Hall–Kier alpha value is -2.04. The van der Waals surface area contributed by atoms with Gasteiger partial charge in [-0.15, -0.1) is 0 Å². The van der Waals surface area contributed by atoms with E-state index in [4.69, 9.17) is 20.4 Å². The lowest BCUT2D eigenvalue weighted by molar-refractivity contribution is -0.134. The number of aliphatic carboxylic acids is 1. The molecule has 0 aliphatic rings. The van der Waals surface area contributed by atoms with E-state index in [1.165, 1.54) is 0 Å². The average Bonchev–Trinajstić information content (AvgIpc) is 2.17. The normalized spacial score (nSPS) is 8.40. The van der Waals surface area contributed by atoms with Crippen molar-refractivity contribution in [2.24, 2.45) is 5.73 Å². The molecular formula is C10H13NO4. The molecule has 0 heterocycles. The Morgan fingerprint density at radius 3 is 2.33 bits per heavy atom. The number of nitrogens with two attached hydrogens (primary N) is 1. The monoisotopic (exact) mass is 211 g/mol. The number of rotatable bonds is 2. The molecule has 5 nitrogen and oxygen atoms in total. The van der Waals surface area contributed by atoms with Gasteiger partial charge in [-0.05, 0) is 18.2 Å². The lowest BCUT2D eigenvalue weighted by atomic mass is 10.2. The van der Waals surface area contributed by atoms with Crippen molar-refractivity contribution < 1.29 is 19.4 Å². The van der Waals surface area contributed by atoms with Crippen LogP contribution in [-0.2, 0) is 4.79 Å². The number of carbonyl (C=O) groups is 2. The van der Waals surface area contributed by atoms with Gasteiger partial charge in [0.25, 0.3) is 5.97 Å². The van der Waals surface area contributed by atoms with Crippen LogP contribution in [-0.4, -0.2) is 24.1 Å². The van der Waals surface area contributed by atoms with Crippen LogP contribution >= 0.6 is 0 Å². The van der Waals surface area contributed by atoms with Crippen molar-refractivity contribution in [3.8, 4) is 5.75 Å². The summed E-state index contributed by atoms with van der Waals surface area (Å²) in [5.41, 5.74) is 5.51. The van der Waals surface area contributed by atoms with Crippen LogP contribution in [0, 0.1) is 0 Å². The highest BCUT2D eigenvalue weighted by atomic mass is 16.5. The number of carboxylic acids is 1. The summed E-state index contributed by atoms with van der Waals surface area (Å²) in [6.45, 7) is 1.08. The van der Waals surface area contributed by atoms with E-state index in [9.17, 15) is 4.79 Å². The van der Waals surface area contributed by atoms with Gasteiger partial charge < -0.3 is 15.6 Å². The molecule has 1 amide bonds. The standard InChI is InChI=1S/C8H9NO2.C2H4O2/c1-11-7-4-2-3-6(5-7)8(9)10;1-2(3)4/h2-5H,1H3,(H2,9,10);1H3,(H,3,4). The van der Waals surface area contributed by atoms with E-state index in [-0.39, 0.29) is 0 Å². The number of primary amides is 1. The van der Waals surface area contributed by atoms with Gasteiger partial charge in [0.15, 0.2) is 0 Å². The molecule has 1 aromatic rings. The zero-order chi connectivity index (χ0) is 11.8. The van der Waals surface area contributed by atoms with Gasteiger partial charge in [0.1, 0.15) is 5.75 Å². The number of carboxylic acid groups (broad SMARTS) is 1. The number of benzene rings is 1. The van der Waals surface area contributed by atoms with Crippen molar-refractivity contribution >= 4 is 11.9 Å². The molecule has 0 unspecified atom stereocenters. The smallest absolute Gasteiger partial charge is 0.300 e. The molecule has 15 heavy (non-hydrogen) atoms. The predicted molar refractivity (Wildman–Crippen MR) is 54.8 cm³/mol. The first-order chi connectivity index (χ1) is 6.97. The Morgan fingerprint density at radius 1 is 1.40 bits per heavy atom. The lowest BCUT2D eigenvalue weighted by Gasteiger charge is -1.99. The SMILES string of the molecule is CC(=O)O.COc1cccc(C(N)=O)c1. The van der Waals surface area contributed by atoms with Gasteiger partial charge in [0.2, 0.25) is 5.91 Å². The Balaban J connectivity index is 0.000000423. The molecule has 5 heteroatoms. The van der Waals surface area contributed by atoms with E-state index >= 15 is 0 Å². The first-order valence-corrected chi connectivity index (χ1v) is 4.10. The summed E-state index contributed by atoms with van der Waals surface area (Å²) in [7, 11) is 1.54. The van der Waals surface area contributed by atoms with Gasteiger partial charge in [-0.3, -0.25) is 9.59 Å². The minimum absolute atomic E-state index is 0.441. The minimum atomic E-state index is -0.833. The van der Waals surface area contributed by atoms with Crippen LogP contribution in [0.15, 0.2) is 24.3 Å². The maximum atomic E-state index is 10.6. The van der Waals surface area contributed by atoms with E-state index < -0.39 is 11.9 Å². The average molecular weight is 211 g/mol. The van der Waals surface area contributed by atoms with Crippen molar-refractivity contribution in [1.29, 1.82) is 0 Å². The first-order valence-electron chi connectivity index (χ1n) is 4.10. The summed E-state index contributed by atoms with van der Waals surface area (Å²) < 4.78 is 4.90. The Morgan fingerprint density at radius 2 is 1.93 bits per heavy atom. The highest BCUT2D eigenvalue weighted by Gasteiger charge is 1.99. The third-order valence-corrected chi connectivity index (χ3v) is 1.35. The van der Waals surface area contributed by atoms with Crippen molar-refractivity contribution in [2.45, 2.75) is 6.92 Å². The molecular weight excluding hydrogens is 198 g/mol. The van der Waals surface area contributed by atoms with Crippen LogP contribution in [0.1, 0.15) is 17.3 Å². The van der Waals surface area contributed by atoms with Gasteiger partial charge in [-0.1, -0.05) is 6.07 Å². The predicted octanol–water partition coefficient (Wildman–Crippen LogP) is 0.885. The van der Waals surface area contributed by atoms with Crippen molar-refractivity contribution in [3.05, 3.63) is 29.8 Å². The van der Waals surface area contributed by atoms with E-state index in [0.717, 1.165) is 6.92 Å². The topological polar surface area (TPSA) is 89.6 Å². The molecule has 82 valence electrons. The Bertz CT molecular complexity index is 345. The van der Waals surface area contributed by atoms with Crippen LogP contribution in [0.3, 0.4) is 0 Å². The minimum Gasteiger partial charge on any atom is -0.497 e. The van der Waals surface area contributed by atoms with Gasteiger partial charge in [-0.25, -0.2) is 0 Å². The number of ether oxygens (including phenoxy) is 1. The van der Waals surface area contributed by atoms with Gasteiger partial charge in [-0.2, -0.15) is 0 Å². The largest absolute Gasteiger partial charge is 0.497 e. The molecule has 0 spiro atoms. The zero-order valence-electron chi connectivity index (χ0n) is 8.56. The summed E-state index contributed by atoms with van der Waals surface area (Å²) in [4.78, 5) is 19.6. The van der Waals surface area contributed by atoms with Crippen LogP contribution in [0.25, 0.3) is 0 Å². The molecule has 0 saturated heterocycles. The second-order valence-corrected chi connectivity index (χ2v) is 2.62. The maximum absolute atomic E-state index is 10.6. The summed E-state index contributed by atoms with van der Waals surface area (Å²) >= 11 is 0. The molecule has 0 bridgehead atoms. The van der Waals surface area contributed by atoms with Gasteiger partial charge in [0, 0.05) is 12.5 Å². The summed E-state index contributed by atoms with van der Waals surface area (Å²) in [6, 6.07) is 6.72. The van der Waals surface area contributed by atoms with Crippen LogP contribution in [0.4, 0.5) is 0 Å². The van der Waals surface area contributed by atoms with Gasteiger partial charge in [0.05, 0.1) is 7.11 Å². The molecule has 1 rings (SSSR count). The van der Waals surface area contributed by atoms with Crippen LogP contribution in [0.5, 0.6) is 5.75 Å². The molecule has 1 aromatic carbocycles. The molecule has 0 saturated carbocycles. The highest BCUT2D eigenvalue weighted by Crippen LogP contribution is 2.11. The summed E-state index contributed by atoms with van der Waals surface area (Å²) in [5, 5.41) is 7.42. The molecule has 0 radical (unpaired) electrons. The zero-order valence-corrected chi connectivity index (χ0v) is 8.56. The van der Waals surface area contributed by atoms with E-state index in [1.807, 2.05) is 0 Å². The highest BCUT2D eigenvalue weighted by molar-refractivity contribution is 5.93. The van der Waals surface area contributed by atoms with Crippen molar-refractivity contribution in [3.63, 3.8) is 0 Å². The van der Waals surface area contributed by atoms with E-state index in [0.29, 0.717) is 11.3 Å². The molecule has 0 aromatic heterocycles.